The summed E-state index contributed by atoms with van der Waals surface area (Å²) in [7, 11) is -3.77. The standard InChI is InChI=1S/C11H8Br2FNO3S/c12-9-3-8(14)4-10(13)11(9)19(16,17)15-5-7-1-2-18-6-7/h1-4,6,15H,5H2. The number of rotatable bonds is 4. The molecule has 102 valence electrons. The first-order valence-corrected chi connectivity index (χ1v) is 8.12. The van der Waals surface area contributed by atoms with Crippen LogP contribution in [0.2, 0.25) is 0 Å². The zero-order valence-corrected chi connectivity index (χ0v) is 13.3. The summed E-state index contributed by atoms with van der Waals surface area (Å²) in [6.07, 6.45) is 2.89. The molecule has 0 aliphatic heterocycles. The summed E-state index contributed by atoms with van der Waals surface area (Å²) in [5.41, 5.74) is 0.693. The van der Waals surface area contributed by atoms with E-state index in [1.807, 2.05) is 0 Å². The molecular formula is C11H8Br2FNO3S. The van der Waals surface area contributed by atoms with Gasteiger partial charge in [0.05, 0.1) is 12.5 Å². The second-order valence-corrected chi connectivity index (χ2v) is 7.07. The predicted octanol–water partition coefficient (Wildman–Crippen LogP) is 3.42. The molecule has 0 spiro atoms. The van der Waals surface area contributed by atoms with Gasteiger partial charge >= 0.3 is 0 Å². The fraction of sp³-hybridized carbons (Fsp3) is 0.0909. The van der Waals surface area contributed by atoms with Crippen LogP contribution in [0.1, 0.15) is 5.56 Å². The molecule has 8 heteroatoms. The molecule has 1 N–H and O–H groups in total. The van der Waals surface area contributed by atoms with E-state index in [2.05, 4.69) is 36.6 Å². The lowest BCUT2D eigenvalue weighted by Crippen LogP contribution is -2.23. The zero-order chi connectivity index (χ0) is 14.0. The van der Waals surface area contributed by atoms with E-state index in [4.69, 9.17) is 4.42 Å². The molecule has 0 bridgehead atoms. The molecule has 2 aromatic rings. The van der Waals surface area contributed by atoms with Crippen LogP contribution in [-0.4, -0.2) is 8.42 Å². The van der Waals surface area contributed by atoms with Gasteiger partial charge in [-0.05, 0) is 50.1 Å². The van der Waals surface area contributed by atoms with Crippen LogP contribution in [-0.2, 0) is 16.6 Å². The van der Waals surface area contributed by atoms with Crippen LogP contribution >= 0.6 is 31.9 Å². The van der Waals surface area contributed by atoms with Crippen LogP contribution in [0.25, 0.3) is 0 Å². The number of benzene rings is 1. The molecule has 0 radical (unpaired) electrons. The Hall–Kier alpha value is -0.700. The van der Waals surface area contributed by atoms with Crippen LogP contribution in [0, 0.1) is 5.82 Å². The first kappa shape index (κ1) is 14.7. The fourth-order valence-corrected chi connectivity index (χ4v) is 4.97. The van der Waals surface area contributed by atoms with Gasteiger partial charge in [-0.25, -0.2) is 17.5 Å². The highest BCUT2D eigenvalue weighted by Crippen LogP contribution is 2.30. The number of hydrogen-bond donors (Lipinski definition) is 1. The van der Waals surface area contributed by atoms with Gasteiger partial charge in [0, 0.05) is 21.1 Å². The summed E-state index contributed by atoms with van der Waals surface area (Å²) in [6.45, 7) is 0.0924. The summed E-state index contributed by atoms with van der Waals surface area (Å²) >= 11 is 6.09. The summed E-state index contributed by atoms with van der Waals surface area (Å²) < 4.78 is 45.0. The number of halogens is 3. The van der Waals surface area contributed by atoms with Crippen molar-refractivity contribution < 1.29 is 17.2 Å². The lowest BCUT2D eigenvalue weighted by Gasteiger charge is -2.10. The maximum absolute atomic E-state index is 13.1. The minimum Gasteiger partial charge on any atom is -0.472 e. The Morgan fingerprint density at radius 3 is 2.42 bits per heavy atom. The van der Waals surface area contributed by atoms with Crippen molar-refractivity contribution in [1.82, 2.24) is 4.72 Å². The molecule has 4 nitrogen and oxygen atoms in total. The van der Waals surface area contributed by atoms with E-state index in [9.17, 15) is 12.8 Å². The first-order valence-electron chi connectivity index (χ1n) is 5.05. The van der Waals surface area contributed by atoms with Crippen LogP contribution < -0.4 is 4.72 Å². The molecule has 1 heterocycles. The molecule has 0 unspecified atom stereocenters. The normalized spacial score (nSPS) is 11.7. The van der Waals surface area contributed by atoms with Gasteiger partial charge < -0.3 is 4.42 Å². The molecule has 0 amide bonds. The Labute approximate surface area is 126 Å². The largest absolute Gasteiger partial charge is 0.472 e. The monoisotopic (exact) mass is 411 g/mol. The highest BCUT2D eigenvalue weighted by atomic mass is 79.9. The second kappa shape index (κ2) is 5.74. The van der Waals surface area contributed by atoms with Crippen molar-refractivity contribution in [3.63, 3.8) is 0 Å². The number of hydrogen-bond acceptors (Lipinski definition) is 3. The topological polar surface area (TPSA) is 59.3 Å². The van der Waals surface area contributed by atoms with E-state index in [0.29, 0.717) is 5.56 Å². The Kier molecular flexibility index (Phi) is 4.44. The minimum atomic E-state index is -3.77. The third-order valence-electron chi connectivity index (χ3n) is 2.28. The molecule has 0 aliphatic rings. The molecular weight excluding hydrogens is 405 g/mol. The lowest BCUT2D eigenvalue weighted by molar-refractivity contribution is 0.561. The van der Waals surface area contributed by atoms with Crippen molar-refractivity contribution >= 4 is 41.9 Å². The third-order valence-corrected chi connectivity index (χ3v) is 5.56. The van der Waals surface area contributed by atoms with Gasteiger partial charge in [-0.15, -0.1) is 0 Å². The Balaban J connectivity index is 2.29. The van der Waals surface area contributed by atoms with Crippen molar-refractivity contribution in [3.8, 4) is 0 Å². The van der Waals surface area contributed by atoms with E-state index in [-0.39, 0.29) is 20.4 Å². The van der Waals surface area contributed by atoms with Gasteiger partial charge in [0.25, 0.3) is 0 Å². The highest BCUT2D eigenvalue weighted by molar-refractivity contribution is 9.11. The van der Waals surface area contributed by atoms with E-state index < -0.39 is 15.8 Å². The molecule has 19 heavy (non-hydrogen) atoms. The smallest absolute Gasteiger partial charge is 0.243 e. The van der Waals surface area contributed by atoms with Crippen LogP contribution in [0.3, 0.4) is 0 Å². The van der Waals surface area contributed by atoms with Crippen LogP contribution in [0.5, 0.6) is 0 Å². The summed E-state index contributed by atoms with van der Waals surface area (Å²) in [5.74, 6) is -0.535. The fourth-order valence-electron chi connectivity index (χ4n) is 1.43. The number of sulfonamides is 1. The highest BCUT2D eigenvalue weighted by Gasteiger charge is 2.22. The quantitative estimate of drug-likeness (QED) is 0.836. The van der Waals surface area contributed by atoms with Crippen molar-refractivity contribution in [2.24, 2.45) is 0 Å². The lowest BCUT2D eigenvalue weighted by atomic mass is 10.3. The molecule has 1 aromatic heterocycles. The van der Waals surface area contributed by atoms with Gasteiger partial charge in [0.15, 0.2) is 0 Å². The van der Waals surface area contributed by atoms with E-state index in [0.717, 1.165) is 12.1 Å². The predicted molar refractivity (Wildman–Crippen MR) is 74.5 cm³/mol. The third kappa shape index (κ3) is 3.44. The van der Waals surface area contributed by atoms with Crippen LogP contribution in [0.15, 0.2) is 49.0 Å². The van der Waals surface area contributed by atoms with Crippen molar-refractivity contribution in [1.29, 1.82) is 0 Å². The molecule has 0 atom stereocenters. The average Bonchev–Trinajstić information content (AvgIpc) is 2.77. The molecule has 1 aromatic carbocycles. The van der Waals surface area contributed by atoms with E-state index >= 15 is 0 Å². The van der Waals surface area contributed by atoms with Gasteiger partial charge in [-0.2, -0.15) is 0 Å². The number of nitrogens with one attached hydrogen (secondary N) is 1. The van der Waals surface area contributed by atoms with E-state index in [1.165, 1.54) is 12.5 Å². The van der Waals surface area contributed by atoms with Crippen molar-refractivity contribution in [2.45, 2.75) is 11.4 Å². The Morgan fingerprint density at radius 2 is 1.89 bits per heavy atom. The Bertz CT molecular complexity index is 663. The van der Waals surface area contributed by atoms with Gasteiger partial charge in [0.2, 0.25) is 10.0 Å². The molecule has 0 aliphatic carbocycles. The van der Waals surface area contributed by atoms with Gasteiger partial charge in [0.1, 0.15) is 10.7 Å². The Morgan fingerprint density at radius 1 is 1.26 bits per heavy atom. The van der Waals surface area contributed by atoms with Crippen molar-refractivity contribution in [2.75, 3.05) is 0 Å². The maximum atomic E-state index is 13.1. The summed E-state index contributed by atoms with van der Waals surface area (Å²) in [5, 5.41) is 0. The summed E-state index contributed by atoms with van der Waals surface area (Å²) in [4.78, 5) is -0.0441. The molecule has 0 saturated heterocycles. The first-order chi connectivity index (χ1) is 8.90. The maximum Gasteiger partial charge on any atom is 0.243 e. The van der Waals surface area contributed by atoms with Gasteiger partial charge in [-0.1, -0.05) is 0 Å². The molecule has 0 fully saturated rings. The van der Waals surface area contributed by atoms with Crippen LogP contribution in [0.4, 0.5) is 4.39 Å². The minimum absolute atomic E-state index is 0.0441. The zero-order valence-electron chi connectivity index (χ0n) is 9.36. The second-order valence-electron chi connectivity index (χ2n) is 3.65. The average molecular weight is 413 g/mol. The molecule has 2 rings (SSSR count). The number of furan rings is 1. The molecule has 0 saturated carbocycles. The van der Waals surface area contributed by atoms with E-state index in [1.54, 1.807) is 6.07 Å². The SMILES string of the molecule is O=S(=O)(NCc1ccoc1)c1c(Br)cc(F)cc1Br. The summed E-state index contributed by atoms with van der Waals surface area (Å²) in [6, 6.07) is 3.84. The van der Waals surface area contributed by atoms with Gasteiger partial charge in [-0.3, -0.25) is 0 Å². The van der Waals surface area contributed by atoms with Crippen molar-refractivity contribution in [3.05, 3.63) is 51.1 Å².